The smallest absolute Gasteiger partial charge is 0.310 e. The van der Waals surface area contributed by atoms with Crippen LogP contribution in [-0.4, -0.2) is 11.5 Å². The maximum Gasteiger partial charge on any atom is 0.416 e. The fourth-order valence-corrected chi connectivity index (χ4v) is 2.17. The third-order valence-corrected chi connectivity index (χ3v) is 3.20. The lowest BCUT2D eigenvalue weighted by Gasteiger charge is -2.22. The highest BCUT2D eigenvalue weighted by atomic mass is 19.4. The first-order chi connectivity index (χ1) is 8.54. The zero-order valence-electron chi connectivity index (χ0n) is 10.3. The fraction of sp³-hybridized carbons (Fsp3) is 0.615. The molecule has 0 aromatic carbocycles. The highest BCUT2D eigenvalue weighted by molar-refractivity contribution is 5.30. The predicted molar refractivity (Wildman–Crippen MR) is 63.0 cm³/mol. The molecule has 0 bridgehead atoms. The zero-order chi connectivity index (χ0) is 13.2. The lowest BCUT2D eigenvalue weighted by molar-refractivity contribution is -0.138. The number of hydrogen-bond acceptors (Lipinski definition) is 2. The quantitative estimate of drug-likeness (QED) is 0.873. The Kier molecular flexibility index (Phi) is 3.90. The Labute approximate surface area is 105 Å². The van der Waals surface area contributed by atoms with Crippen LogP contribution in [0.5, 0.6) is 0 Å². The summed E-state index contributed by atoms with van der Waals surface area (Å²) in [7, 11) is 0. The SMILES string of the molecule is CCCNC(c1cnccc1C(F)(F)F)C1CC1. The normalized spacial score (nSPS) is 17.8. The average Bonchev–Trinajstić information content (AvgIpc) is 3.13. The van der Waals surface area contributed by atoms with Gasteiger partial charge in [-0.1, -0.05) is 6.92 Å². The van der Waals surface area contributed by atoms with E-state index in [-0.39, 0.29) is 6.04 Å². The van der Waals surface area contributed by atoms with Crippen molar-refractivity contribution in [1.29, 1.82) is 0 Å². The van der Waals surface area contributed by atoms with Crippen molar-refractivity contribution in [3.05, 3.63) is 29.6 Å². The summed E-state index contributed by atoms with van der Waals surface area (Å²) in [5, 5.41) is 3.22. The van der Waals surface area contributed by atoms with E-state index >= 15 is 0 Å². The van der Waals surface area contributed by atoms with Crippen LogP contribution in [0.2, 0.25) is 0 Å². The number of nitrogens with one attached hydrogen (secondary N) is 1. The molecule has 1 aromatic rings. The van der Waals surface area contributed by atoms with Crippen molar-refractivity contribution in [3.63, 3.8) is 0 Å². The molecule has 1 aromatic heterocycles. The number of aromatic nitrogens is 1. The molecule has 1 heterocycles. The molecule has 1 atom stereocenters. The molecule has 18 heavy (non-hydrogen) atoms. The third kappa shape index (κ3) is 3.02. The van der Waals surface area contributed by atoms with Crippen molar-refractivity contribution in [3.8, 4) is 0 Å². The Morgan fingerprint density at radius 1 is 1.44 bits per heavy atom. The van der Waals surface area contributed by atoms with Gasteiger partial charge in [-0.15, -0.1) is 0 Å². The van der Waals surface area contributed by atoms with Crippen molar-refractivity contribution in [2.75, 3.05) is 6.54 Å². The molecular weight excluding hydrogens is 241 g/mol. The first kappa shape index (κ1) is 13.3. The highest BCUT2D eigenvalue weighted by Crippen LogP contribution is 2.44. The molecule has 2 nitrogen and oxygen atoms in total. The van der Waals surface area contributed by atoms with Crippen LogP contribution in [0.3, 0.4) is 0 Å². The van der Waals surface area contributed by atoms with E-state index in [0.29, 0.717) is 11.5 Å². The van der Waals surface area contributed by atoms with Crippen molar-refractivity contribution >= 4 is 0 Å². The van der Waals surface area contributed by atoms with Gasteiger partial charge in [-0.05, 0) is 43.4 Å². The van der Waals surface area contributed by atoms with Crippen LogP contribution in [0.4, 0.5) is 13.2 Å². The van der Waals surface area contributed by atoms with Crippen LogP contribution in [0, 0.1) is 5.92 Å². The molecule has 1 saturated carbocycles. The van der Waals surface area contributed by atoms with Crippen LogP contribution in [0.1, 0.15) is 43.4 Å². The van der Waals surface area contributed by atoms with Crippen LogP contribution in [-0.2, 0) is 6.18 Å². The lowest BCUT2D eigenvalue weighted by atomic mass is 9.98. The molecule has 1 fully saturated rings. The first-order valence-corrected chi connectivity index (χ1v) is 6.28. The highest BCUT2D eigenvalue weighted by Gasteiger charge is 2.39. The van der Waals surface area contributed by atoms with Crippen LogP contribution in [0.15, 0.2) is 18.5 Å². The van der Waals surface area contributed by atoms with E-state index < -0.39 is 11.7 Å². The Hall–Kier alpha value is -1.10. The van der Waals surface area contributed by atoms with Gasteiger partial charge in [0.25, 0.3) is 0 Å². The summed E-state index contributed by atoms with van der Waals surface area (Å²) >= 11 is 0. The van der Waals surface area contributed by atoms with Crippen LogP contribution >= 0.6 is 0 Å². The number of hydrogen-bond donors (Lipinski definition) is 1. The number of nitrogens with zero attached hydrogens (tertiary/aromatic N) is 1. The van der Waals surface area contributed by atoms with Crippen LogP contribution < -0.4 is 5.32 Å². The number of halogens is 3. The topological polar surface area (TPSA) is 24.9 Å². The minimum Gasteiger partial charge on any atom is -0.310 e. The summed E-state index contributed by atoms with van der Waals surface area (Å²) < 4.78 is 38.9. The van der Waals surface area contributed by atoms with Crippen molar-refractivity contribution in [2.45, 2.75) is 38.4 Å². The van der Waals surface area contributed by atoms with Gasteiger partial charge in [0.2, 0.25) is 0 Å². The van der Waals surface area contributed by atoms with Gasteiger partial charge in [-0.3, -0.25) is 4.98 Å². The van der Waals surface area contributed by atoms with Crippen molar-refractivity contribution in [1.82, 2.24) is 10.3 Å². The van der Waals surface area contributed by atoms with E-state index in [2.05, 4.69) is 10.3 Å². The van der Waals surface area contributed by atoms with E-state index in [4.69, 9.17) is 0 Å². The van der Waals surface area contributed by atoms with Gasteiger partial charge in [0.05, 0.1) is 5.56 Å². The fourth-order valence-electron chi connectivity index (χ4n) is 2.17. The minimum absolute atomic E-state index is 0.213. The van der Waals surface area contributed by atoms with Crippen LogP contribution in [0.25, 0.3) is 0 Å². The number of alkyl halides is 3. The first-order valence-electron chi connectivity index (χ1n) is 6.28. The number of pyridine rings is 1. The van der Waals surface area contributed by atoms with Gasteiger partial charge >= 0.3 is 6.18 Å². The zero-order valence-corrected chi connectivity index (χ0v) is 10.3. The molecule has 5 heteroatoms. The molecule has 0 spiro atoms. The summed E-state index contributed by atoms with van der Waals surface area (Å²) in [6.07, 6.45) is 1.15. The third-order valence-electron chi connectivity index (χ3n) is 3.20. The Bertz CT molecular complexity index is 399. The molecular formula is C13H17F3N2. The Morgan fingerprint density at radius 2 is 2.17 bits per heavy atom. The maximum absolute atomic E-state index is 13.0. The number of rotatable bonds is 5. The molecule has 0 saturated heterocycles. The van der Waals surface area contributed by atoms with E-state index in [1.807, 2.05) is 6.92 Å². The average molecular weight is 258 g/mol. The second-order valence-electron chi connectivity index (χ2n) is 4.73. The van der Waals surface area contributed by atoms with Gasteiger partial charge < -0.3 is 5.32 Å². The second kappa shape index (κ2) is 5.26. The predicted octanol–water partition coefficient (Wildman–Crippen LogP) is 3.55. The van der Waals surface area contributed by atoms with Gasteiger partial charge in [0, 0.05) is 18.4 Å². The summed E-state index contributed by atoms with van der Waals surface area (Å²) in [4.78, 5) is 3.86. The van der Waals surface area contributed by atoms with E-state index in [9.17, 15) is 13.2 Å². The van der Waals surface area contributed by atoms with Crippen molar-refractivity contribution < 1.29 is 13.2 Å². The molecule has 2 rings (SSSR count). The molecule has 0 amide bonds. The van der Waals surface area contributed by atoms with Crippen molar-refractivity contribution in [2.24, 2.45) is 5.92 Å². The molecule has 1 N–H and O–H groups in total. The summed E-state index contributed by atoms with van der Waals surface area (Å²) in [5.41, 5.74) is -0.265. The van der Waals surface area contributed by atoms with Gasteiger partial charge in [-0.25, -0.2) is 0 Å². The lowest BCUT2D eigenvalue weighted by Crippen LogP contribution is -2.26. The largest absolute Gasteiger partial charge is 0.416 e. The van der Waals surface area contributed by atoms with Gasteiger partial charge in [0.1, 0.15) is 0 Å². The van der Waals surface area contributed by atoms with E-state index in [1.165, 1.54) is 12.4 Å². The Balaban J connectivity index is 2.29. The molecule has 0 radical (unpaired) electrons. The second-order valence-corrected chi connectivity index (χ2v) is 4.73. The molecule has 0 aliphatic heterocycles. The van der Waals surface area contributed by atoms with E-state index in [1.54, 1.807) is 0 Å². The minimum atomic E-state index is -4.31. The monoisotopic (exact) mass is 258 g/mol. The molecule has 1 unspecified atom stereocenters. The summed E-state index contributed by atoms with van der Waals surface area (Å²) in [6.45, 7) is 2.73. The summed E-state index contributed by atoms with van der Waals surface area (Å²) in [5.74, 6) is 0.321. The Morgan fingerprint density at radius 3 is 2.72 bits per heavy atom. The maximum atomic E-state index is 13.0. The standard InChI is InChI=1S/C13H17F3N2/c1-2-6-18-12(9-3-4-9)10-8-17-7-5-11(10)13(14,15)16/h5,7-9,12,18H,2-4,6H2,1H3. The van der Waals surface area contributed by atoms with Gasteiger partial charge in [0.15, 0.2) is 0 Å². The molecule has 1 aliphatic rings. The van der Waals surface area contributed by atoms with E-state index in [0.717, 1.165) is 31.9 Å². The summed E-state index contributed by atoms with van der Waals surface area (Å²) in [6, 6.07) is 0.855. The molecule has 100 valence electrons. The van der Waals surface area contributed by atoms with Gasteiger partial charge in [-0.2, -0.15) is 13.2 Å². The molecule has 1 aliphatic carbocycles.